The zero-order valence-corrected chi connectivity index (χ0v) is 20.3. The maximum absolute atomic E-state index is 13.6. The molecule has 0 fully saturated rings. The Hall–Kier alpha value is -3.11. The van der Waals surface area contributed by atoms with E-state index in [0.717, 1.165) is 29.0 Å². The highest BCUT2D eigenvalue weighted by molar-refractivity contribution is 7.12. The zero-order chi connectivity index (χ0) is 25.7. The molecular weight excluding hydrogens is 493 g/mol. The lowest BCUT2D eigenvalue weighted by Gasteiger charge is -2.18. The highest BCUT2D eigenvalue weighted by atomic mass is 32.1. The Bertz CT molecular complexity index is 1170. The van der Waals surface area contributed by atoms with Gasteiger partial charge in [0.15, 0.2) is 0 Å². The van der Waals surface area contributed by atoms with Gasteiger partial charge in [-0.25, -0.2) is 0 Å². The molecule has 0 saturated heterocycles. The van der Waals surface area contributed by atoms with Gasteiger partial charge in [-0.05, 0) is 60.6 Å². The van der Waals surface area contributed by atoms with Crippen molar-refractivity contribution in [2.24, 2.45) is 5.92 Å². The number of amides is 1. The van der Waals surface area contributed by atoms with Gasteiger partial charge < -0.3 is 20.1 Å². The number of aliphatic carboxylic acids is 1. The quantitative estimate of drug-likeness (QED) is 0.433. The molecule has 2 aliphatic rings. The Morgan fingerprint density at radius 1 is 1.22 bits per heavy atom. The molecule has 2 N–H and O–H groups in total. The fourth-order valence-electron chi connectivity index (χ4n) is 4.38. The summed E-state index contributed by atoms with van der Waals surface area (Å²) in [6.45, 7) is 0.791. The van der Waals surface area contributed by atoms with Crippen molar-refractivity contribution in [1.29, 1.82) is 0 Å². The Morgan fingerprint density at radius 3 is 2.78 bits per heavy atom. The van der Waals surface area contributed by atoms with Gasteiger partial charge in [0, 0.05) is 23.7 Å². The molecule has 1 aromatic carbocycles. The highest BCUT2D eigenvalue weighted by Gasteiger charge is 2.36. The number of anilines is 1. The van der Waals surface area contributed by atoms with E-state index in [1.165, 1.54) is 0 Å². The number of hydrogen-bond donors (Lipinski definition) is 2. The van der Waals surface area contributed by atoms with Crippen molar-refractivity contribution in [3.05, 3.63) is 69.5 Å². The summed E-state index contributed by atoms with van der Waals surface area (Å²) < 4.78 is 46.8. The van der Waals surface area contributed by atoms with Gasteiger partial charge in [-0.1, -0.05) is 24.3 Å². The first-order valence-corrected chi connectivity index (χ1v) is 12.5. The largest absolute Gasteiger partial charge is 0.488 e. The molecule has 1 aromatic heterocycles. The van der Waals surface area contributed by atoms with Crippen molar-refractivity contribution in [1.82, 2.24) is 5.32 Å². The van der Waals surface area contributed by atoms with Crippen LogP contribution in [0.1, 0.15) is 33.7 Å². The van der Waals surface area contributed by atoms with E-state index < -0.39 is 17.0 Å². The summed E-state index contributed by atoms with van der Waals surface area (Å²) in [5, 5.41) is 11.5. The maximum atomic E-state index is 13.6. The number of fused-ring (bicyclic) bond motifs is 1. The van der Waals surface area contributed by atoms with E-state index in [0.29, 0.717) is 35.6 Å². The fraction of sp³-hybridized carbons (Fsp3) is 0.385. The van der Waals surface area contributed by atoms with Crippen molar-refractivity contribution in [3.8, 4) is 5.75 Å². The molecule has 1 aliphatic carbocycles. The summed E-state index contributed by atoms with van der Waals surface area (Å²) in [4.78, 5) is 24.7. The maximum Gasteiger partial charge on any atom is 0.425 e. The third-order valence-corrected chi connectivity index (χ3v) is 7.29. The molecule has 2 aromatic rings. The predicted molar refractivity (Wildman–Crippen MR) is 131 cm³/mol. The number of alkyl halides is 3. The number of carboxylic acids is 1. The molecule has 36 heavy (non-hydrogen) atoms. The van der Waals surface area contributed by atoms with Crippen LogP contribution < -0.4 is 15.0 Å². The van der Waals surface area contributed by atoms with Crippen LogP contribution in [0.15, 0.2) is 48.6 Å². The van der Waals surface area contributed by atoms with E-state index >= 15 is 0 Å². The first-order valence-electron chi connectivity index (χ1n) is 11.7. The molecular formula is C26H27F3N2O4S. The lowest BCUT2D eigenvalue weighted by molar-refractivity contribution is -0.137. The second kappa shape index (κ2) is 11.3. The number of nitrogens with one attached hydrogen (secondary N) is 1. The summed E-state index contributed by atoms with van der Waals surface area (Å²) >= 11 is 0.726. The van der Waals surface area contributed by atoms with Crippen molar-refractivity contribution < 1.29 is 32.6 Å². The van der Waals surface area contributed by atoms with Gasteiger partial charge in [0.1, 0.15) is 17.2 Å². The molecule has 0 bridgehead atoms. The smallest absolute Gasteiger partial charge is 0.425 e. The number of nitrogens with zero attached hydrogens (tertiary/aromatic N) is 1. The van der Waals surface area contributed by atoms with Crippen molar-refractivity contribution in [3.63, 3.8) is 0 Å². The van der Waals surface area contributed by atoms with Gasteiger partial charge in [0.25, 0.3) is 0 Å². The first-order chi connectivity index (χ1) is 17.2. The molecule has 1 atom stereocenters. The second-order valence-electron chi connectivity index (χ2n) is 8.77. The Kier molecular flexibility index (Phi) is 8.15. The van der Waals surface area contributed by atoms with Crippen LogP contribution in [-0.4, -0.2) is 36.6 Å². The van der Waals surface area contributed by atoms with E-state index in [1.807, 2.05) is 30.4 Å². The minimum Gasteiger partial charge on any atom is -0.488 e. The van der Waals surface area contributed by atoms with Crippen LogP contribution >= 0.6 is 11.3 Å². The topological polar surface area (TPSA) is 78.9 Å². The van der Waals surface area contributed by atoms with Gasteiger partial charge in [0.2, 0.25) is 5.91 Å². The Morgan fingerprint density at radius 2 is 2.06 bits per heavy atom. The molecule has 1 amide bonds. The molecule has 1 aliphatic heterocycles. The van der Waals surface area contributed by atoms with Gasteiger partial charge in [-0.15, -0.1) is 11.3 Å². The van der Waals surface area contributed by atoms with E-state index in [-0.39, 0.29) is 37.9 Å². The van der Waals surface area contributed by atoms with Crippen molar-refractivity contribution >= 4 is 28.9 Å². The zero-order valence-electron chi connectivity index (χ0n) is 19.5. The summed E-state index contributed by atoms with van der Waals surface area (Å²) in [6, 6.07) is 6.90. The van der Waals surface area contributed by atoms with E-state index in [1.54, 1.807) is 23.1 Å². The highest BCUT2D eigenvalue weighted by Crippen LogP contribution is 2.40. The minimum absolute atomic E-state index is 0.0308. The van der Waals surface area contributed by atoms with E-state index in [9.17, 15) is 22.8 Å². The third kappa shape index (κ3) is 6.55. The summed E-state index contributed by atoms with van der Waals surface area (Å²) in [6.07, 6.45) is 4.91. The SMILES string of the molecule is O=C(O)CCNCC(=O)N1CCc2cc(OCc3cc(CC4C=CC=CC4)c(C(F)(F)F)s3)ccc21. The number of carbonyl (C=O) groups excluding carboxylic acids is 1. The monoisotopic (exact) mass is 520 g/mol. The van der Waals surface area contributed by atoms with E-state index in [4.69, 9.17) is 9.84 Å². The summed E-state index contributed by atoms with van der Waals surface area (Å²) in [5.74, 6) is -0.496. The third-order valence-electron chi connectivity index (χ3n) is 6.09. The molecule has 4 rings (SSSR count). The van der Waals surface area contributed by atoms with Crippen LogP contribution in [0.2, 0.25) is 0 Å². The molecule has 0 saturated carbocycles. The van der Waals surface area contributed by atoms with Gasteiger partial charge in [-0.2, -0.15) is 13.2 Å². The summed E-state index contributed by atoms with van der Waals surface area (Å²) in [7, 11) is 0. The lowest BCUT2D eigenvalue weighted by Crippen LogP contribution is -2.37. The molecule has 0 radical (unpaired) electrons. The Balaban J connectivity index is 1.37. The molecule has 1 unspecified atom stereocenters. The minimum atomic E-state index is -4.40. The molecule has 192 valence electrons. The number of halogens is 3. The number of benzene rings is 1. The molecule has 0 spiro atoms. The van der Waals surface area contributed by atoms with Crippen LogP contribution in [0.5, 0.6) is 5.75 Å². The van der Waals surface area contributed by atoms with Gasteiger partial charge >= 0.3 is 12.1 Å². The van der Waals surface area contributed by atoms with Crippen LogP contribution in [0.25, 0.3) is 0 Å². The molecule has 6 nitrogen and oxygen atoms in total. The van der Waals surface area contributed by atoms with Crippen LogP contribution in [0, 0.1) is 5.92 Å². The van der Waals surface area contributed by atoms with Crippen LogP contribution in [-0.2, 0) is 35.2 Å². The van der Waals surface area contributed by atoms with Crippen LogP contribution in [0.4, 0.5) is 18.9 Å². The second-order valence-corrected chi connectivity index (χ2v) is 9.91. The standard InChI is InChI=1S/C26H27F3N2O4S/c27-26(28,29)25-19(12-17-4-2-1-3-5-17)14-21(36-25)16-35-20-6-7-22-18(13-20)9-11-31(22)23(32)15-30-10-8-24(33)34/h1-4,6-7,13-14,17,30H,5,8-12,15-16H2,(H,33,34). The lowest BCUT2D eigenvalue weighted by atomic mass is 9.93. The normalized spacial score (nSPS) is 16.9. The van der Waals surface area contributed by atoms with Crippen molar-refractivity contribution in [2.75, 3.05) is 24.5 Å². The number of carbonyl (C=O) groups is 2. The Labute approximate surface area is 211 Å². The number of hydrogen-bond acceptors (Lipinski definition) is 5. The summed E-state index contributed by atoms with van der Waals surface area (Å²) in [5.41, 5.74) is 1.99. The number of thiophene rings is 1. The number of carboxylic acid groups (broad SMARTS) is 1. The molecule has 2 heterocycles. The average molecular weight is 521 g/mol. The number of rotatable bonds is 10. The van der Waals surface area contributed by atoms with E-state index in [2.05, 4.69) is 5.32 Å². The molecule has 10 heteroatoms. The first kappa shape index (κ1) is 26.0. The fourth-order valence-corrected chi connectivity index (χ4v) is 5.35. The average Bonchev–Trinajstić information content (AvgIpc) is 3.45. The van der Waals surface area contributed by atoms with Crippen LogP contribution in [0.3, 0.4) is 0 Å². The number of allylic oxidation sites excluding steroid dienone is 4. The van der Waals surface area contributed by atoms with Crippen molar-refractivity contribution in [2.45, 2.75) is 38.5 Å². The number of ether oxygens (including phenoxy) is 1. The van der Waals surface area contributed by atoms with Gasteiger partial charge in [-0.3, -0.25) is 9.59 Å². The van der Waals surface area contributed by atoms with Gasteiger partial charge in [0.05, 0.1) is 13.0 Å². The predicted octanol–water partition coefficient (Wildman–Crippen LogP) is 4.97.